The summed E-state index contributed by atoms with van der Waals surface area (Å²) in [6.07, 6.45) is 2.24. The van der Waals surface area contributed by atoms with E-state index in [2.05, 4.69) is 10.6 Å². The van der Waals surface area contributed by atoms with Crippen molar-refractivity contribution in [3.8, 4) is 5.75 Å². The van der Waals surface area contributed by atoms with E-state index in [1.807, 2.05) is 32.0 Å². The van der Waals surface area contributed by atoms with Gasteiger partial charge in [0.1, 0.15) is 5.75 Å². The molecule has 0 spiro atoms. The summed E-state index contributed by atoms with van der Waals surface area (Å²) < 4.78 is 11.1. The molecule has 4 rings (SSSR count). The van der Waals surface area contributed by atoms with E-state index in [1.165, 1.54) is 0 Å². The number of carbonyl (C=O) groups excluding carboxylic acids is 3. The Morgan fingerprint density at radius 2 is 1.91 bits per heavy atom. The van der Waals surface area contributed by atoms with Gasteiger partial charge in [-0.1, -0.05) is 6.07 Å². The summed E-state index contributed by atoms with van der Waals surface area (Å²) in [5.41, 5.74) is 3.70. The fourth-order valence-corrected chi connectivity index (χ4v) is 4.18. The van der Waals surface area contributed by atoms with E-state index < -0.39 is 0 Å². The molecule has 0 unspecified atom stereocenters. The highest BCUT2D eigenvalue weighted by molar-refractivity contribution is 6.00. The molecule has 8 heteroatoms. The van der Waals surface area contributed by atoms with Crippen LogP contribution in [0.3, 0.4) is 0 Å². The molecule has 0 aromatic heterocycles. The number of amides is 3. The van der Waals surface area contributed by atoms with Crippen molar-refractivity contribution in [1.82, 2.24) is 5.32 Å². The van der Waals surface area contributed by atoms with Gasteiger partial charge in [0.05, 0.1) is 12.0 Å². The van der Waals surface area contributed by atoms with Crippen molar-refractivity contribution in [1.29, 1.82) is 0 Å². The first-order chi connectivity index (χ1) is 16.4. The molecular weight excluding hydrogens is 434 g/mol. The molecule has 2 aromatic carbocycles. The molecule has 2 aliphatic rings. The van der Waals surface area contributed by atoms with Crippen LogP contribution in [0.15, 0.2) is 42.5 Å². The molecule has 34 heavy (non-hydrogen) atoms. The summed E-state index contributed by atoms with van der Waals surface area (Å²) in [6.45, 7) is 5.47. The molecule has 180 valence electrons. The predicted molar refractivity (Wildman–Crippen MR) is 129 cm³/mol. The van der Waals surface area contributed by atoms with Crippen molar-refractivity contribution in [2.24, 2.45) is 5.92 Å². The van der Waals surface area contributed by atoms with Crippen molar-refractivity contribution in [2.75, 3.05) is 36.5 Å². The van der Waals surface area contributed by atoms with E-state index in [-0.39, 0.29) is 42.8 Å². The Balaban J connectivity index is 1.25. The van der Waals surface area contributed by atoms with Crippen LogP contribution in [-0.2, 0) is 19.1 Å². The first-order valence-corrected chi connectivity index (χ1v) is 11.7. The van der Waals surface area contributed by atoms with E-state index in [9.17, 15) is 14.4 Å². The zero-order valence-corrected chi connectivity index (χ0v) is 19.6. The molecule has 2 heterocycles. The number of ether oxygens (including phenoxy) is 2. The van der Waals surface area contributed by atoms with Crippen LogP contribution in [0.25, 0.3) is 0 Å². The van der Waals surface area contributed by atoms with Crippen molar-refractivity contribution < 1.29 is 23.9 Å². The van der Waals surface area contributed by atoms with Crippen molar-refractivity contribution >= 4 is 29.1 Å². The third-order valence-corrected chi connectivity index (χ3v) is 6.33. The molecule has 2 atom stereocenters. The maximum absolute atomic E-state index is 12.5. The minimum absolute atomic E-state index is 0.0767. The number of anilines is 2. The molecule has 2 aromatic rings. The van der Waals surface area contributed by atoms with Gasteiger partial charge in [0.15, 0.2) is 6.61 Å². The van der Waals surface area contributed by atoms with Gasteiger partial charge in [-0.15, -0.1) is 0 Å². The first kappa shape index (κ1) is 23.8. The highest BCUT2D eigenvalue weighted by atomic mass is 16.5. The SMILES string of the molecule is Cc1ccc(NC(=O)COc2ccc(N3C[C@@H](C(=O)NC[C@@H]4CCCO4)CC3=O)cc2)cc1C. The second-order valence-corrected chi connectivity index (χ2v) is 8.92. The molecule has 0 radical (unpaired) electrons. The lowest BCUT2D eigenvalue weighted by atomic mass is 10.1. The largest absolute Gasteiger partial charge is 0.484 e. The van der Waals surface area contributed by atoms with E-state index in [4.69, 9.17) is 9.47 Å². The van der Waals surface area contributed by atoms with E-state index in [1.54, 1.807) is 29.2 Å². The number of hydrogen-bond acceptors (Lipinski definition) is 5. The molecule has 3 amide bonds. The standard InChI is InChI=1S/C26H31N3O5/c1-17-5-6-20(12-18(17)2)28-24(30)16-34-22-9-7-21(8-10-22)29-15-19(13-25(29)31)26(32)27-14-23-4-3-11-33-23/h5-10,12,19,23H,3-4,11,13-16H2,1-2H3,(H,27,32)(H,28,30)/t19-,23-/m0/s1. The van der Waals surface area contributed by atoms with Crippen molar-refractivity contribution in [2.45, 2.75) is 39.2 Å². The van der Waals surface area contributed by atoms with Gasteiger partial charge in [-0.3, -0.25) is 14.4 Å². The molecule has 2 N–H and O–H groups in total. The molecular formula is C26H31N3O5. The smallest absolute Gasteiger partial charge is 0.262 e. The Hall–Kier alpha value is -3.39. The fourth-order valence-electron chi connectivity index (χ4n) is 4.18. The quantitative estimate of drug-likeness (QED) is 0.625. The minimum atomic E-state index is -0.376. The van der Waals surface area contributed by atoms with Crippen LogP contribution < -0.4 is 20.3 Å². The van der Waals surface area contributed by atoms with Crippen LogP contribution in [0.1, 0.15) is 30.4 Å². The molecule has 2 fully saturated rings. The monoisotopic (exact) mass is 465 g/mol. The summed E-state index contributed by atoms with van der Waals surface area (Å²) in [5.74, 6) is -0.297. The van der Waals surface area contributed by atoms with E-state index in [0.29, 0.717) is 24.5 Å². The number of benzene rings is 2. The second kappa shape index (κ2) is 10.7. The van der Waals surface area contributed by atoms with Crippen LogP contribution in [0.5, 0.6) is 5.75 Å². The Morgan fingerprint density at radius 1 is 1.12 bits per heavy atom. The maximum Gasteiger partial charge on any atom is 0.262 e. The number of hydrogen-bond donors (Lipinski definition) is 2. The number of nitrogens with zero attached hydrogens (tertiary/aromatic N) is 1. The summed E-state index contributed by atoms with van der Waals surface area (Å²) in [5, 5.41) is 5.74. The third-order valence-electron chi connectivity index (χ3n) is 6.33. The minimum Gasteiger partial charge on any atom is -0.484 e. The van der Waals surface area contributed by atoms with Gasteiger partial charge in [-0.25, -0.2) is 0 Å². The molecule has 8 nitrogen and oxygen atoms in total. The van der Waals surface area contributed by atoms with Crippen LogP contribution in [-0.4, -0.2) is 50.1 Å². The number of rotatable bonds is 8. The topological polar surface area (TPSA) is 97.0 Å². The number of aryl methyl sites for hydroxylation is 2. The molecule has 2 aliphatic heterocycles. The van der Waals surface area contributed by atoms with Gasteiger partial charge in [0, 0.05) is 37.5 Å². The Morgan fingerprint density at radius 3 is 2.62 bits per heavy atom. The summed E-state index contributed by atoms with van der Waals surface area (Å²) >= 11 is 0. The molecule has 2 saturated heterocycles. The summed E-state index contributed by atoms with van der Waals surface area (Å²) in [6, 6.07) is 12.7. The summed E-state index contributed by atoms with van der Waals surface area (Å²) in [7, 11) is 0. The maximum atomic E-state index is 12.5. The molecule has 0 aliphatic carbocycles. The zero-order chi connectivity index (χ0) is 24.1. The van der Waals surface area contributed by atoms with Crippen LogP contribution in [0.2, 0.25) is 0 Å². The number of carbonyl (C=O) groups is 3. The molecule has 0 saturated carbocycles. The lowest BCUT2D eigenvalue weighted by Crippen LogP contribution is -2.37. The molecule has 0 bridgehead atoms. The van der Waals surface area contributed by atoms with Gasteiger partial charge in [-0.2, -0.15) is 0 Å². The lowest BCUT2D eigenvalue weighted by molar-refractivity contribution is -0.126. The fraction of sp³-hybridized carbons (Fsp3) is 0.423. The second-order valence-electron chi connectivity index (χ2n) is 8.92. The average molecular weight is 466 g/mol. The highest BCUT2D eigenvalue weighted by Crippen LogP contribution is 2.27. The first-order valence-electron chi connectivity index (χ1n) is 11.7. The van der Waals surface area contributed by atoms with Crippen LogP contribution in [0.4, 0.5) is 11.4 Å². The third kappa shape index (κ3) is 5.94. The Bertz CT molecular complexity index is 1050. The van der Waals surface area contributed by atoms with Crippen molar-refractivity contribution in [3.63, 3.8) is 0 Å². The lowest BCUT2D eigenvalue weighted by Gasteiger charge is -2.18. The zero-order valence-electron chi connectivity index (χ0n) is 19.6. The van der Waals surface area contributed by atoms with Gasteiger partial charge < -0.3 is 25.0 Å². The highest BCUT2D eigenvalue weighted by Gasteiger charge is 2.35. The Labute approximate surface area is 199 Å². The predicted octanol–water partition coefficient (Wildman–Crippen LogP) is 2.97. The van der Waals surface area contributed by atoms with Crippen LogP contribution >= 0.6 is 0 Å². The van der Waals surface area contributed by atoms with Gasteiger partial charge in [0.25, 0.3) is 5.91 Å². The van der Waals surface area contributed by atoms with Crippen LogP contribution in [0, 0.1) is 19.8 Å². The van der Waals surface area contributed by atoms with Crippen molar-refractivity contribution in [3.05, 3.63) is 53.6 Å². The normalized spacial score (nSPS) is 19.8. The summed E-state index contributed by atoms with van der Waals surface area (Å²) in [4.78, 5) is 38.8. The number of nitrogens with one attached hydrogen (secondary N) is 2. The van der Waals surface area contributed by atoms with E-state index >= 15 is 0 Å². The Kier molecular flexibility index (Phi) is 7.47. The van der Waals surface area contributed by atoms with Gasteiger partial charge >= 0.3 is 0 Å². The van der Waals surface area contributed by atoms with E-state index in [0.717, 1.165) is 36.3 Å². The average Bonchev–Trinajstić information content (AvgIpc) is 3.49. The van der Waals surface area contributed by atoms with Gasteiger partial charge in [0.2, 0.25) is 11.8 Å². The van der Waals surface area contributed by atoms with Gasteiger partial charge in [-0.05, 0) is 74.2 Å².